The van der Waals surface area contributed by atoms with E-state index in [0.717, 1.165) is 17.3 Å². The molecule has 1 saturated carbocycles. The van der Waals surface area contributed by atoms with E-state index in [9.17, 15) is 0 Å². The van der Waals surface area contributed by atoms with E-state index >= 15 is 0 Å². The average Bonchev–Trinajstić information content (AvgIpc) is 3.16. The molecule has 0 amide bonds. The SMILES string of the molecule is CCSCC(NN)c1ccc(OC2CC2)cc1. The monoisotopic (exact) mass is 252 g/mol. The number of benzene rings is 1. The fourth-order valence-electron chi connectivity index (χ4n) is 1.63. The molecule has 0 aliphatic heterocycles. The molecule has 0 radical (unpaired) electrons. The van der Waals surface area contributed by atoms with Gasteiger partial charge in [-0.2, -0.15) is 11.8 Å². The molecule has 0 bridgehead atoms. The fourth-order valence-corrected chi connectivity index (χ4v) is 2.39. The molecular formula is C13H20N2OS. The van der Waals surface area contributed by atoms with Gasteiger partial charge in [-0.3, -0.25) is 11.3 Å². The molecule has 3 N–H and O–H groups in total. The zero-order valence-electron chi connectivity index (χ0n) is 10.2. The van der Waals surface area contributed by atoms with Crippen molar-refractivity contribution in [3.05, 3.63) is 29.8 Å². The predicted octanol–water partition coefficient (Wildman–Crippen LogP) is 2.49. The first-order valence-corrected chi connectivity index (χ1v) is 7.29. The van der Waals surface area contributed by atoms with E-state index in [4.69, 9.17) is 10.6 Å². The van der Waals surface area contributed by atoms with Gasteiger partial charge in [0, 0.05) is 5.75 Å². The van der Waals surface area contributed by atoms with Crippen molar-refractivity contribution in [2.45, 2.75) is 31.9 Å². The molecule has 0 spiro atoms. The van der Waals surface area contributed by atoms with Crippen molar-refractivity contribution in [3.8, 4) is 5.75 Å². The number of nitrogens with two attached hydrogens (primary N) is 1. The molecule has 17 heavy (non-hydrogen) atoms. The van der Waals surface area contributed by atoms with Crippen LogP contribution in [0.4, 0.5) is 0 Å². The summed E-state index contributed by atoms with van der Waals surface area (Å²) in [6.07, 6.45) is 2.85. The predicted molar refractivity (Wildman–Crippen MR) is 73.2 cm³/mol. The molecule has 3 nitrogen and oxygen atoms in total. The van der Waals surface area contributed by atoms with Crippen molar-refractivity contribution in [2.75, 3.05) is 11.5 Å². The van der Waals surface area contributed by atoms with Gasteiger partial charge in [-0.15, -0.1) is 0 Å². The minimum absolute atomic E-state index is 0.218. The second-order valence-corrected chi connectivity index (χ2v) is 5.58. The summed E-state index contributed by atoms with van der Waals surface area (Å²) in [4.78, 5) is 0. The molecule has 2 rings (SSSR count). The van der Waals surface area contributed by atoms with E-state index in [1.807, 2.05) is 23.9 Å². The van der Waals surface area contributed by atoms with Crippen molar-refractivity contribution >= 4 is 11.8 Å². The second-order valence-electron chi connectivity index (χ2n) is 4.26. The van der Waals surface area contributed by atoms with Gasteiger partial charge in [-0.05, 0) is 36.3 Å². The van der Waals surface area contributed by atoms with Gasteiger partial charge in [-0.25, -0.2) is 0 Å². The fraction of sp³-hybridized carbons (Fsp3) is 0.538. The summed E-state index contributed by atoms with van der Waals surface area (Å²) in [5.41, 5.74) is 4.08. The quantitative estimate of drug-likeness (QED) is 0.578. The minimum Gasteiger partial charge on any atom is -0.490 e. The molecule has 0 aromatic heterocycles. The van der Waals surface area contributed by atoms with Gasteiger partial charge >= 0.3 is 0 Å². The Morgan fingerprint density at radius 1 is 1.41 bits per heavy atom. The first kappa shape index (κ1) is 12.7. The van der Waals surface area contributed by atoms with Crippen LogP contribution in [0.2, 0.25) is 0 Å². The molecule has 1 fully saturated rings. The highest BCUT2D eigenvalue weighted by molar-refractivity contribution is 7.99. The molecule has 0 heterocycles. The third-order valence-electron chi connectivity index (χ3n) is 2.80. The summed E-state index contributed by atoms with van der Waals surface area (Å²) in [5, 5.41) is 0. The van der Waals surface area contributed by atoms with Crippen LogP contribution in [-0.4, -0.2) is 17.6 Å². The molecule has 1 aliphatic carbocycles. The highest BCUT2D eigenvalue weighted by atomic mass is 32.2. The zero-order valence-corrected chi connectivity index (χ0v) is 11.0. The van der Waals surface area contributed by atoms with E-state index in [1.54, 1.807) is 0 Å². The minimum atomic E-state index is 0.218. The highest BCUT2D eigenvalue weighted by Gasteiger charge is 2.23. The Labute approximate surface area is 107 Å². The van der Waals surface area contributed by atoms with Crippen molar-refractivity contribution in [1.29, 1.82) is 0 Å². The zero-order chi connectivity index (χ0) is 12.1. The lowest BCUT2D eigenvalue weighted by molar-refractivity contribution is 0.303. The maximum Gasteiger partial charge on any atom is 0.119 e. The average molecular weight is 252 g/mol. The van der Waals surface area contributed by atoms with Crippen molar-refractivity contribution in [1.82, 2.24) is 5.43 Å². The van der Waals surface area contributed by atoms with Crippen LogP contribution in [0.5, 0.6) is 5.75 Å². The summed E-state index contributed by atoms with van der Waals surface area (Å²) >= 11 is 1.89. The van der Waals surface area contributed by atoms with Crippen LogP contribution in [0, 0.1) is 0 Å². The standard InChI is InChI=1S/C13H20N2OS/c1-2-17-9-13(15-14)10-3-5-11(6-4-10)16-12-7-8-12/h3-6,12-13,15H,2,7-9,14H2,1H3. The Kier molecular flexibility index (Phi) is 4.71. The molecule has 1 aromatic carbocycles. The Hall–Kier alpha value is -0.710. The lowest BCUT2D eigenvalue weighted by Gasteiger charge is -2.16. The third kappa shape index (κ3) is 3.91. The highest BCUT2D eigenvalue weighted by Crippen LogP contribution is 2.27. The Morgan fingerprint density at radius 3 is 2.65 bits per heavy atom. The Morgan fingerprint density at radius 2 is 2.12 bits per heavy atom. The number of thioether (sulfide) groups is 1. The summed E-state index contributed by atoms with van der Waals surface area (Å²) in [7, 11) is 0. The van der Waals surface area contributed by atoms with Crippen LogP contribution in [0.3, 0.4) is 0 Å². The van der Waals surface area contributed by atoms with Crippen LogP contribution in [0.25, 0.3) is 0 Å². The molecule has 1 aromatic rings. The molecule has 1 unspecified atom stereocenters. The first-order chi connectivity index (χ1) is 8.33. The largest absolute Gasteiger partial charge is 0.490 e. The number of hydrogen-bond donors (Lipinski definition) is 2. The van der Waals surface area contributed by atoms with Gasteiger partial charge in [-0.1, -0.05) is 19.1 Å². The number of nitrogens with one attached hydrogen (secondary N) is 1. The van der Waals surface area contributed by atoms with E-state index in [1.165, 1.54) is 18.4 Å². The maximum atomic E-state index is 5.72. The van der Waals surface area contributed by atoms with Crippen molar-refractivity contribution in [2.24, 2.45) is 5.84 Å². The van der Waals surface area contributed by atoms with Crippen molar-refractivity contribution in [3.63, 3.8) is 0 Å². The number of rotatable bonds is 7. The summed E-state index contributed by atoms with van der Waals surface area (Å²) in [6, 6.07) is 8.48. The number of hydrazine groups is 1. The van der Waals surface area contributed by atoms with E-state index in [-0.39, 0.29) is 6.04 Å². The first-order valence-electron chi connectivity index (χ1n) is 6.14. The summed E-state index contributed by atoms with van der Waals surface area (Å²) < 4.78 is 5.72. The lowest BCUT2D eigenvalue weighted by Crippen LogP contribution is -2.29. The van der Waals surface area contributed by atoms with Gasteiger partial charge in [0.05, 0.1) is 12.1 Å². The Bertz CT molecular complexity index is 338. The normalized spacial score (nSPS) is 16.8. The lowest BCUT2D eigenvalue weighted by atomic mass is 10.1. The molecule has 1 atom stereocenters. The van der Waals surface area contributed by atoms with Gasteiger partial charge < -0.3 is 4.74 Å². The molecule has 4 heteroatoms. The molecule has 1 aliphatic rings. The van der Waals surface area contributed by atoms with Crippen LogP contribution >= 0.6 is 11.8 Å². The van der Waals surface area contributed by atoms with Crippen LogP contribution in [0.15, 0.2) is 24.3 Å². The van der Waals surface area contributed by atoms with Gasteiger partial charge in [0.25, 0.3) is 0 Å². The molecule has 94 valence electrons. The van der Waals surface area contributed by atoms with Gasteiger partial charge in [0.1, 0.15) is 5.75 Å². The van der Waals surface area contributed by atoms with Gasteiger partial charge in [0.2, 0.25) is 0 Å². The maximum absolute atomic E-state index is 5.72. The van der Waals surface area contributed by atoms with Crippen LogP contribution in [-0.2, 0) is 0 Å². The third-order valence-corrected chi connectivity index (χ3v) is 3.78. The van der Waals surface area contributed by atoms with E-state index < -0.39 is 0 Å². The topological polar surface area (TPSA) is 47.3 Å². The summed E-state index contributed by atoms with van der Waals surface area (Å²) in [6.45, 7) is 2.16. The smallest absolute Gasteiger partial charge is 0.119 e. The second kappa shape index (κ2) is 6.28. The van der Waals surface area contributed by atoms with Crippen LogP contribution in [0.1, 0.15) is 31.4 Å². The number of ether oxygens (including phenoxy) is 1. The van der Waals surface area contributed by atoms with Gasteiger partial charge in [0.15, 0.2) is 0 Å². The van der Waals surface area contributed by atoms with E-state index in [2.05, 4.69) is 24.5 Å². The van der Waals surface area contributed by atoms with Crippen molar-refractivity contribution < 1.29 is 4.74 Å². The number of hydrogen-bond acceptors (Lipinski definition) is 4. The van der Waals surface area contributed by atoms with E-state index in [0.29, 0.717) is 6.10 Å². The molecule has 0 saturated heterocycles. The summed E-state index contributed by atoms with van der Waals surface area (Å²) in [5.74, 6) is 8.66. The van der Waals surface area contributed by atoms with Crippen LogP contribution < -0.4 is 16.0 Å². The Balaban J connectivity index is 1.93. The molecular weight excluding hydrogens is 232 g/mol.